The number of aromatic hydroxyl groups is 1. The van der Waals surface area contributed by atoms with Gasteiger partial charge in [0.25, 0.3) is 0 Å². The first-order valence-electron chi connectivity index (χ1n) is 18.4. The van der Waals surface area contributed by atoms with E-state index in [2.05, 4.69) is 162 Å². The van der Waals surface area contributed by atoms with Gasteiger partial charge in [-0.05, 0) is 105 Å². The van der Waals surface area contributed by atoms with E-state index in [-0.39, 0.29) is 16.2 Å². The SMILES string of the molecule is CC(C)(C)c1cc(-c2cc(-c3ccccc3)ccn2)cc(-c2cccc3c2nc(-c2ccc4c(c2O)C(C)(C)CCC4(C)C)n3-c2ccccc2)c1. The molecule has 1 aliphatic rings. The summed E-state index contributed by atoms with van der Waals surface area (Å²) in [5.74, 6) is 1.07. The minimum Gasteiger partial charge on any atom is -0.507 e. The minimum absolute atomic E-state index is 0.0150. The van der Waals surface area contributed by atoms with Crippen LogP contribution < -0.4 is 0 Å². The first-order chi connectivity index (χ1) is 24.8. The van der Waals surface area contributed by atoms with Crippen LogP contribution in [0.2, 0.25) is 0 Å². The summed E-state index contributed by atoms with van der Waals surface area (Å²) in [5, 5.41) is 12.3. The second-order valence-electron chi connectivity index (χ2n) is 16.8. The molecule has 0 bridgehead atoms. The average molecular weight is 682 g/mol. The fraction of sp³-hybridized carbons (Fsp3) is 0.250. The summed E-state index contributed by atoms with van der Waals surface area (Å²) in [6, 6.07) is 42.7. The Morgan fingerprint density at radius 3 is 2.06 bits per heavy atom. The number of imidazole rings is 1. The number of pyridine rings is 1. The van der Waals surface area contributed by atoms with Crippen LogP contribution in [-0.2, 0) is 16.2 Å². The van der Waals surface area contributed by atoms with Crippen LogP contribution >= 0.6 is 0 Å². The Bertz CT molecular complexity index is 2450. The lowest BCUT2D eigenvalue weighted by molar-refractivity contribution is 0.318. The molecule has 0 amide bonds. The third-order valence-electron chi connectivity index (χ3n) is 11.2. The molecule has 7 aromatic rings. The molecular formula is C48H47N3O. The molecule has 52 heavy (non-hydrogen) atoms. The van der Waals surface area contributed by atoms with E-state index < -0.39 is 0 Å². The van der Waals surface area contributed by atoms with Crippen LogP contribution in [0.15, 0.2) is 128 Å². The van der Waals surface area contributed by atoms with Crippen molar-refractivity contribution in [2.75, 3.05) is 0 Å². The summed E-state index contributed by atoms with van der Waals surface area (Å²) in [6.45, 7) is 15.9. The summed E-state index contributed by atoms with van der Waals surface area (Å²) in [6.07, 6.45) is 4.00. The van der Waals surface area contributed by atoms with E-state index in [0.717, 1.165) is 74.5 Å². The molecule has 0 spiro atoms. The number of fused-ring (bicyclic) bond motifs is 2. The second-order valence-corrected chi connectivity index (χ2v) is 16.8. The molecule has 2 heterocycles. The van der Waals surface area contributed by atoms with E-state index in [0.29, 0.717) is 5.75 Å². The van der Waals surface area contributed by atoms with Gasteiger partial charge in [0.1, 0.15) is 11.6 Å². The number of para-hydroxylation sites is 2. The lowest BCUT2D eigenvalue weighted by Gasteiger charge is -2.42. The van der Waals surface area contributed by atoms with Gasteiger partial charge < -0.3 is 5.11 Å². The maximum absolute atomic E-state index is 12.3. The summed E-state index contributed by atoms with van der Waals surface area (Å²) in [5.41, 5.74) is 13.3. The van der Waals surface area contributed by atoms with E-state index in [9.17, 15) is 5.11 Å². The van der Waals surface area contributed by atoms with Crippen LogP contribution in [0.3, 0.4) is 0 Å². The number of aromatic nitrogens is 3. The Balaban J connectivity index is 1.37. The van der Waals surface area contributed by atoms with Crippen molar-refractivity contribution in [3.05, 3.63) is 144 Å². The Hall–Kier alpha value is -5.48. The molecule has 0 saturated heterocycles. The van der Waals surface area contributed by atoms with Gasteiger partial charge in [0.2, 0.25) is 0 Å². The highest BCUT2D eigenvalue weighted by atomic mass is 16.3. The van der Waals surface area contributed by atoms with E-state index in [4.69, 9.17) is 9.97 Å². The maximum atomic E-state index is 12.3. The number of phenols is 1. The third-order valence-corrected chi connectivity index (χ3v) is 11.2. The first-order valence-corrected chi connectivity index (χ1v) is 18.4. The van der Waals surface area contributed by atoms with Crippen molar-refractivity contribution in [3.8, 4) is 56.3 Å². The Kier molecular flexibility index (Phi) is 7.98. The zero-order valence-electron chi connectivity index (χ0n) is 31.3. The Labute approximate surface area is 307 Å². The van der Waals surface area contributed by atoms with Gasteiger partial charge in [-0.15, -0.1) is 0 Å². The van der Waals surface area contributed by atoms with Gasteiger partial charge in [-0.3, -0.25) is 9.55 Å². The number of hydrogen-bond donors (Lipinski definition) is 1. The van der Waals surface area contributed by atoms with Crippen molar-refractivity contribution in [2.45, 2.75) is 77.6 Å². The highest BCUT2D eigenvalue weighted by Crippen LogP contribution is 2.52. The largest absolute Gasteiger partial charge is 0.507 e. The molecule has 4 heteroatoms. The van der Waals surface area contributed by atoms with Crippen molar-refractivity contribution in [1.29, 1.82) is 0 Å². The first kappa shape index (κ1) is 33.7. The fourth-order valence-electron chi connectivity index (χ4n) is 8.02. The van der Waals surface area contributed by atoms with Crippen molar-refractivity contribution in [3.63, 3.8) is 0 Å². The van der Waals surface area contributed by atoms with Gasteiger partial charge >= 0.3 is 0 Å². The van der Waals surface area contributed by atoms with Crippen molar-refractivity contribution in [2.24, 2.45) is 0 Å². The molecule has 0 aliphatic heterocycles. The summed E-state index contributed by atoms with van der Waals surface area (Å²) >= 11 is 0. The predicted molar refractivity (Wildman–Crippen MR) is 216 cm³/mol. The molecule has 0 saturated carbocycles. The Morgan fingerprint density at radius 2 is 1.33 bits per heavy atom. The van der Waals surface area contributed by atoms with Gasteiger partial charge in [-0.1, -0.05) is 121 Å². The van der Waals surface area contributed by atoms with Crippen LogP contribution in [0.5, 0.6) is 5.75 Å². The standard InChI is InChI=1S/C48H47N3O/c1-46(2,3)35-28-33(27-34(29-35)40-30-32(23-26-49-40)31-15-10-8-11-16-31)37-19-14-20-41-43(37)50-45(51(41)36-17-12-9-13-18-36)38-21-22-39-42(44(38)52)48(6,7)25-24-47(39,4)5/h8-23,26-30,52H,24-25H2,1-7H3. The van der Waals surface area contributed by atoms with Crippen LogP contribution in [0, 0.1) is 0 Å². The van der Waals surface area contributed by atoms with Crippen LogP contribution in [0.1, 0.15) is 78.0 Å². The number of phenolic OH excluding ortho intramolecular Hbond substituents is 1. The highest BCUT2D eigenvalue weighted by molar-refractivity contribution is 5.97. The quantitative estimate of drug-likeness (QED) is 0.197. The molecule has 0 fully saturated rings. The van der Waals surface area contributed by atoms with E-state index >= 15 is 0 Å². The average Bonchev–Trinajstić information content (AvgIpc) is 3.53. The predicted octanol–water partition coefficient (Wildman–Crippen LogP) is 12.4. The molecule has 1 aliphatic carbocycles. The molecule has 0 radical (unpaired) electrons. The molecular weight excluding hydrogens is 635 g/mol. The van der Waals surface area contributed by atoms with Crippen molar-refractivity contribution in [1.82, 2.24) is 14.5 Å². The second kappa shape index (κ2) is 12.3. The molecule has 2 aromatic heterocycles. The van der Waals surface area contributed by atoms with Gasteiger partial charge in [0.05, 0.1) is 22.3 Å². The zero-order valence-corrected chi connectivity index (χ0v) is 31.3. The number of rotatable bonds is 5. The number of hydrogen-bond acceptors (Lipinski definition) is 3. The summed E-state index contributed by atoms with van der Waals surface area (Å²) < 4.78 is 2.21. The molecule has 0 unspecified atom stereocenters. The topological polar surface area (TPSA) is 50.9 Å². The van der Waals surface area contributed by atoms with Gasteiger partial charge in [-0.2, -0.15) is 0 Å². The molecule has 5 aromatic carbocycles. The van der Waals surface area contributed by atoms with Gasteiger partial charge in [0.15, 0.2) is 0 Å². The van der Waals surface area contributed by atoms with Gasteiger partial charge in [-0.25, -0.2) is 4.98 Å². The van der Waals surface area contributed by atoms with E-state index in [1.54, 1.807) is 0 Å². The monoisotopic (exact) mass is 681 g/mol. The van der Waals surface area contributed by atoms with E-state index in [1.807, 2.05) is 18.3 Å². The van der Waals surface area contributed by atoms with E-state index in [1.165, 1.54) is 16.7 Å². The maximum Gasteiger partial charge on any atom is 0.149 e. The third kappa shape index (κ3) is 5.81. The zero-order chi connectivity index (χ0) is 36.4. The fourth-order valence-corrected chi connectivity index (χ4v) is 8.02. The van der Waals surface area contributed by atoms with Crippen LogP contribution in [0.4, 0.5) is 0 Å². The smallest absolute Gasteiger partial charge is 0.149 e. The molecule has 260 valence electrons. The summed E-state index contributed by atoms with van der Waals surface area (Å²) in [7, 11) is 0. The Morgan fingerprint density at radius 1 is 0.635 bits per heavy atom. The molecule has 4 nitrogen and oxygen atoms in total. The lowest BCUT2D eigenvalue weighted by atomic mass is 9.62. The summed E-state index contributed by atoms with van der Waals surface area (Å²) in [4.78, 5) is 10.3. The molecule has 1 N–H and O–H groups in total. The molecule has 8 rings (SSSR count). The lowest BCUT2D eigenvalue weighted by Crippen LogP contribution is -2.34. The van der Waals surface area contributed by atoms with Crippen molar-refractivity contribution < 1.29 is 5.11 Å². The molecule has 0 atom stereocenters. The van der Waals surface area contributed by atoms with Crippen molar-refractivity contribution >= 4 is 11.0 Å². The normalized spacial score (nSPS) is 15.1. The number of nitrogens with zero attached hydrogens (tertiary/aromatic N) is 3. The highest BCUT2D eigenvalue weighted by Gasteiger charge is 2.40. The number of benzene rings is 5. The minimum atomic E-state index is -0.157. The van der Waals surface area contributed by atoms with Crippen LogP contribution in [0.25, 0.3) is 61.6 Å². The van der Waals surface area contributed by atoms with Crippen LogP contribution in [-0.4, -0.2) is 19.6 Å². The van der Waals surface area contributed by atoms with Gasteiger partial charge in [0, 0.05) is 28.6 Å².